The van der Waals surface area contributed by atoms with E-state index in [-0.39, 0.29) is 22.6 Å². The van der Waals surface area contributed by atoms with Gasteiger partial charge in [-0.15, -0.1) is 0 Å². The van der Waals surface area contributed by atoms with Gasteiger partial charge in [0.25, 0.3) is 0 Å². The van der Waals surface area contributed by atoms with Crippen LogP contribution < -0.4 is 0 Å². The number of nitrogens with zero attached hydrogens (tertiary/aromatic N) is 5. The Bertz CT molecular complexity index is 2470. The molecule has 6 rings (SSSR count). The van der Waals surface area contributed by atoms with E-state index in [1.54, 1.807) is 23.9 Å². The molecule has 0 atom stereocenters. The zero-order chi connectivity index (χ0) is 42.1. The van der Waals surface area contributed by atoms with Crippen molar-refractivity contribution in [1.29, 1.82) is 0 Å². The number of esters is 1. The lowest BCUT2D eigenvalue weighted by Crippen LogP contribution is -2.41. The number of benzene rings is 3. The molecule has 9 nitrogen and oxygen atoms in total. The minimum atomic E-state index is -1.94. The summed E-state index contributed by atoms with van der Waals surface area (Å²) in [6, 6.07) is 14.2. The van der Waals surface area contributed by atoms with Gasteiger partial charge in [-0.05, 0) is 123 Å². The lowest BCUT2D eigenvalue weighted by Gasteiger charge is -2.36. The Hall–Kier alpha value is -4.10. The zero-order valence-corrected chi connectivity index (χ0v) is 38.1. The van der Waals surface area contributed by atoms with Crippen molar-refractivity contribution in [1.82, 2.24) is 24.1 Å². The molecule has 0 bridgehead atoms. The monoisotopic (exact) mass is 845 g/mol. The third-order valence-corrected chi connectivity index (χ3v) is 17.8. The number of phenolic OH excluding ortho intramolecular Hbond substituents is 1. The molecule has 0 fully saturated rings. The van der Waals surface area contributed by atoms with Gasteiger partial charge in [-0.25, -0.2) is 9.18 Å². The highest BCUT2D eigenvalue weighted by atomic mass is 35.5. The number of aryl methyl sites for hydroxylation is 7. The van der Waals surface area contributed by atoms with Gasteiger partial charge >= 0.3 is 5.97 Å². The van der Waals surface area contributed by atoms with Crippen molar-refractivity contribution in [2.24, 2.45) is 14.1 Å². The number of ether oxygens (including phenoxy) is 1. The first-order chi connectivity index (χ1) is 27.4. The summed E-state index contributed by atoms with van der Waals surface area (Å²) in [6.07, 6.45) is 3.65. The first-order valence-electron chi connectivity index (χ1n) is 20.0. The average molecular weight is 847 g/mol. The summed E-state index contributed by atoms with van der Waals surface area (Å²) in [5, 5.41) is 23.1. The summed E-state index contributed by atoms with van der Waals surface area (Å²) >= 11 is 8.90. The predicted octanol–water partition coefficient (Wildman–Crippen LogP) is 10.9. The Morgan fingerprint density at radius 2 is 1.69 bits per heavy atom. The maximum absolute atomic E-state index is 13.9. The Morgan fingerprint density at radius 1 is 0.948 bits per heavy atom. The van der Waals surface area contributed by atoms with Crippen LogP contribution in [0.15, 0.2) is 48.5 Å². The molecule has 3 aromatic carbocycles. The van der Waals surface area contributed by atoms with Crippen molar-refractivity contribution in [2.75, 3.05) is 19.5 Å². The summed E-state index contributed by atoms with van der Waals surface area (Å²) < 4.78 is 31.8. The molecule has 3 heterocycles. The SMILES string of the molecule is COC(=O)c1c(CCCO[Si](C)(C)C(C)(C)C)c2ccc(Cl)c(-c3c(C)nn(C)c3C)c2n1CCCSCc1cc(CCc2cc(O)c3ccc(F)cc3c2)n(C)n1. The first kappa shape index (κ1) is 43.5. The lowest BCUT2D eigenvalue weighted by molar-refractivity contribution is 0.0587. The average Bonchev–Trinajstić information content (AvgIpc) is 3.76. The van der Waals surface area contributed by atoms with E-state index in [9.17, 15) is 14.3 Å². The molecule has 0 saturated carbocycles. The fourth-order valence-corrected chi connectivity index (χ4v) is 9.80. The topological polar surface area (TPSA) is 96.3 Å². The summed E-state index contributed by atoms with van der Waals surface area (Å²) in [7, 11) is 3.40. The Kier molecular flexibility index (Phi) is 13.2. The van der Waals surface area contributed by atoms with Crippen LogP contribution in [-0.2, 0) is 54.8 Å². The smallest absolute Gasteiger partial charge is 0.354 e. The maximum Gasteiger partial charge on any atom is 0.354 e. The molecule has 0 aliphatic carbocycles. The zero-order valence-electron chi connectivity index (χ0n) is 35.6. The molecule has 0 aliphatic rings. The van der Waals surface area contributed by atoms with E-state index in [2.05, 4.69) is 44.5 Å². The van der Waals surface area contributed by atoms with Crippen molar-refractivity contribution in [3.63, 3.8) is 0 Å². The van der Waals surface area contributed by atoms with Gasteiger partial charge < -0.3 is 18.8 Å². The second-order valence-electron chi connectivity index (χ2n) is 16.8. The molecule has 13 heteroatoms. The molecule has 310 valence electrons. The molecular formula is C45H57ClFN5O4SSi. The van der Waals surface area contributed by atoms with Gasteiger partial charge in [0.05, 0.1) is 29.0 Å². The lowest BCUT2D eigenvalue weighted by atomic mass is 9.98. The highest BCUT2D eigenvalue weighted by Crippen LogP contribution is 2.43. The van der Waals surface area contributed by atoms with E-state index in [0.29, 0.717) is 47.5 Å². The number of rotatable bonds is 16. The van der Waals surface area contributed by atoms with Crippen molar-refractivity contribution in [3.8, 4) is 16.9 Å². The minimum absolute atomic E-state index is 0.107. The quantitative estimate of drug-likeness (QED) is 0.0589. The van der Waals surface area contributed by atoms with E-state index >= 15 is 0 Å². The number of phenols is 1. The standard InChI is InChI=1S/C45H57ClFN5O4SSi/c1-28-40(29(2)50(6)48-28)41-38(46)19-18-37-36(13-11-21-56-58(9,10)45(3,4)5)43(44(54)55-8)52(42(37)41)20-12-22-57-27-33-26-34(51(7)49-33)16-14-30-23-31-25-32(47)15-17-35(31)39(53)24-30/h15,17-19,23-26,53H,11-14,16,20-22,27H2,1-10H3. The van der Waals surface area contributed by atoms with E-state index in [1.165, 1.54) is 19.2 Å². The number of aromatic nitrogens is 5. The number of hydrogen-bond donors (Lipinski definition) is 1. The van der Waals surface area contributed by atoms with Crippen LogP contribution in [-0.4, -0.2) is 63.0 Å². The summed E-state index contributed by atoms with van der Waals surface area (Å²) in [5.41, 5.74) is 9.21. The van der Waals surface area contributed by atoms with Crippen LogP contribution in [0.25, 0.3) is 32.8 Å². The summed E-state index contributed by atoms with van der Waals surface area (Å²) in [4.78, 5) is 13.8. The van der Waals surface area contributed by atoms with Gasteiger partial charge in [0.15, 0.2) is 8.32 Å². The molecule has 0 unspecified atom stereocenters. The van der Waals surface area contributed by atoms with Crippen LogP contribution in [0.5, 0.6) is 5.75 Å². The van der Waals surface area contributed by atoms with Crippen LogP contribution >= 0.6 is 23.4 Å². The number of carbonyl (C=O) groups is 1. The molecule has 0 amide bonds. The number of thioether (sulfide) groups is 1. The normalized spacial score (nSPS) is 12.3. The van der Waals surface area contributed by atoms with Gasteiger partial charge in [0, 0.05) is 66.3 Å². The van der Waals surface area contributed by atoms with Gasteiger partial charge in [0.2, 0.25) is 0 Å². The number of hydrogen-bond acceptors (Lipinski definition) is 7. The van der Waals surface area contributed by atoms with Crippen LogP contribution in [0, 0.1) is 19.7 Å². The molecule has 3 aromatic heterocycles. The number of fused-ring (bicyclic) bond motifs is 2. The predicted molar refractivity (Wildman–Crippen MR) is 238 cm³/mol. The van der Waals surface area contributed by atoms with Crippen LogP contribution in [0.3, 0.4) is 0 Å². The largest absolute Gasteiger partial charge is 0.507 e. The van der Waals surface area contributed by atoms with E-state index < -0.39 is 8.32 Å². The van der Waals surface area contributed by atoms with Crippen LogP contribution in [0.4, 0.5) is 4.39 Å². The van der Waals surface area contributed by atoms with E-state index in [0.717, 1.165) is 86.7 Å². The van der Waals surface area contributed by atoms with Gasteiger partial charge in [-0.2, -0.15) is 22.0 Å². The molecule has 0 saturated heterocycles. The van der Waals surface area contributed by atoms with Gasteiger partial charge in [-0.3, -0.25) is 9.36 Å². The molecular weight excluding hydrogens is 789 g/mol. The molecule has 0 radical (unpaired) electrons. The van der Waals surface area contributed by atoms with Crippen molar-refractivity contribution in [3.05, 3.63) is 99.0 Å². The molecule has 0 spiro atoms. The summed E-state index contributed by atoms with van der Waals surface area (Å²) in [6.45, 7) is 16.5. The molecule has 1 N–H and O–H groups in total. The second-order valence-corrected chi connectivity index (χ2v) is 23.1. The fraction of sp³-hybridized carbons (Fsp3) is 0.444. The highest BCUT2D eigenvalue weighted by Gasteiger charge is 2.37. The second kappa shape index (κ2) is 17.6. The molecule has 6 aromatic rings. The van der Waals surface area contributed by atoms with Crippen molar-refractivity contribution >= 4 is 59.3 Å². The highest BCUT2D eigenvalue weighted by molar-refractivity contribution is 7.98. The molecule has 58 heavy (non-hydrogen) atoms. The Morgan fingerprint density at radius 3 is 2.38 bits per heavy atom. The van der Waals surface area contributed by atoms with Gasteiger partial charge in [-0.1, -0.05) is 44.5 Å². The first-order valence-corrected chi connectivity index (χ1v) is 24.4. The van der Waals surface area contributed by atoms with E-state index in [1.807, 2.05) is 55.5 Å². The number of aromatic hydroxyl groups is 1. The van der Waals surface area contributed by atoms with Gasteiger partial charge in [0.1, 0.15) is 17.3 Å². The maximum atomic E-state index is 13.9. The van der Waals surface area contributed by atoms with Crippen molar-refractivity contribution < 1.29 is 23.5 Å². The van der Waals surface area contributed by atoms with E-state index in [4.69, 9.17) is 31.0 Å². The molecule has 0 aliphatic heterocycles. The fourth-order valence-electron chi connectivity index (χ4n) is 7.64. The summed E-state index contributed by atoms with van der Waals surface area (Å²) in [5.74, 6) is 1.06. The van der Waals surface area contributed by atoms with Crippen LogP contribution in [0.1, 0.15) is 78.0 Å². The number of methoxy groups -OCH3 is 1. The number of carbonyl (C=O) groups excluding carboxylic acids is 1. The third kappa shape index (κ3) is 9.05. The van der Waals surface area contributed by atoms with Crippen molar-refractivity contribution in [2.45, 2.75) is 97.2 Å². The number of halogens is 2. The van der Waals surface area contributed by atoms with Crippen LogP contribution in [0.2, 0.25) is 23.2 Å². The Balaban J connectivity index is 1.21. The Labute approximate surface area is 352 Å². The third-order valence-electron chi connectivity index (χ3n) is 11.8. The minimum Gasteiger partial charge on any atom is -0.507 e.